The van der Waals surface area contributed by atoms with Crippen molar-refractivity contribution < 1.29 is 9.90 Å². The van der Waals surface area contributed by atoms with Crippen molar-refractivity contribution in [2.45, 2.75) is 6.92 Å². The minimum Gasteiger partial charge on any atom is -0.481 e. The van der Waals surface area contributed by atoms with Crippen LogP contribution in [-0.2, 0) is 4.79 Å². The minimum absolute atomic E-state index is 0.130. The molecule has 0 spiro atoms. The van der Waals surface area contributed by atoms with Gasteiger partial charge in [-0.05, 0) is 36.8 Å². The number of hydrogen-bond acceptors (Lipinski definition) is 7. The van der Waals surface area contributed by atoms with Crippen LogP contribution in [-0.4, -0.2) is 27.7 Å². The molecule has 4 rings (SSSR count). The summed E-state index contributed by atoms with van der Waals surface area (Å²) < 4.78 is 0. The number of hydrazone groups is 1. The Bertz CT molecular complexity index is 1130. The molecule has 0 fully saturated rings. The van der Waals surface area contributed by atoms with E-state index in [0.717, 1.165) is 39.3 Å². The predicted molar refractivity (Wildman–Crippen MR) is 112 cm³/mol. The van der Waals surface area contributed by atoms with Crippen molar-refractivity contribution in [3.05, 3.63) is 76.2 Å². The molecule has 0 saturated carbocycles. The van der Waals surface area contributed by atoms with Gasteiger partial charge < -0.3 is 10.4 Å². The van der Waals surface area contributed by atoms with Crippen LogP contribution in [0.5, 0.6) is 0 Å². The third kappa shape index (κ3) is 3.96. The van der Waals surface area contributed by atoms with Crippen LogP contribution >= 0.6 is 11.8 Å². The highest BCUT2D eigenvalue weighted by Gasteiger charge is 2.13. The molecule has 0 atom stereocenters. The van der Waals surface area contributed by atoms with E-state index in [4.69, 9.17) is 5.11 Å². The van der Waals surface area contributed by atoms with Crippen LogP contribution in [0.15, 0.2) is 75.1 Å². The number of allylic oxidation sites excluding steroid dienone is 1. The largest absolute Gasteiger partial charge is 0.481 e. The molecule has 8 heteroatoms. The summed E-state index contributed by atoms with van der Waals surface area (Å²) in [7, 11) is 0. The number of hydrogen-bond donors (Lipinski definition) is 3. The molecule has 3 N–H and O–H groups in total. The Hall–Kier alpha value is -3.39. The Morgan fingerprint density at radius 2 is 2.00 bits per heavy atom. The number of para-hydroxylation sites is 1. The van der Waals surface area contributed by atoms with Gasteiger partial charge in [-0.15, -0.1) is 0 Å². The van der Waals surface area contributed by atoms with Crippen LogP contribution in [0.25, 0.3) is 6.08 Å². The van der Waals surface area contributed by atoms with Gasteiger partial charge in [0.25, 0.3) is 0 Å². The monoisotopic (exact) mass is 391 g/mol. The van der Waals surface area contributed by atoms with Crippen LogP contribution in [0.3, 0.4) is 0 Å². The molecule has 0 aromatic heterocycles. The van der Waals surface area contributed by atoms with E-state index in [0.29, 0.717) is 16.7 Å². The molecule has 2 aliphatic heterocycles. The van der Waals surface area contributed by atoms with Gasteiger partial charge in [-0.25, -0.2) is 9.98 Å². The van der Waals surface area contributed by atoms with Crippen LogP contribution in [0.2, 0.25) is 0 Å². The number of fused-ring (bicyclic) bond motifs is 3. The zero-order chi connectivity index (χ0) is 19.5. The minimum atomic E-state index is -0.927. The van der Waals surface area contributed by atoms with Gasteiger partial charge in [0.15, 0.2) is 11.0 Å². The van der Waals surface area contributed by atoms with E-state index in [1.807, 2.05) is 61.5 Å². The van der Waals surface area contributed by atoms with Crippen molar-refractivity contribution in [2.24, 2.45) is 15.1 Å². The number of anilines is 1. The first-order valence-corrected chi connectivity index (χ1v) is 9.58. The predicted octanol–water partition coefficient (Wildman–Crippen LogP) is 1.88. The molecule has 2 bridgehead atoms. The lowest BCUT2D eigenvalue weighted by Crippen LogP contribution is -2.20. The highest BCUT2D eigenvalue weighted by molar-refractivity contribution is 8.14. The molecule has 0 unspecified atom stereocenters. The average Bonchev–Trinajstić information content (AvgIpc) is 3.13. The number of carbonyl (C=O) groups is 1. The maximum absolute atomic E-state index is 11.0. The fourth-order valence-corrected chi connectivity index (χ4v) is 3.29. The van der Waals surface area contributed by atoms with Crippen molar-refractivity contribution in [2.75, 3.05) is 11.1 Å². The first-order valence-electron chi connectivity index (χ1n) is 8.59. The summed E-state index contributed by atoms with van der Waals surface area (Å²) in [4.78, 5) is 20.3. The van der Waals surface area contributed by atoms with Crippen LogP contribution < -0.4 is 21.3 Å². The van der Waals surface area contributed by atoms with Crippen molar-refractivity contribution in [1.82, 2.24) is 5.43 Å². The zero-order valence-corrected chi connectivity index (χ0v) is 15.8. The highest BCUT2D eigenvalue weighted by Crippen LogP contribution is 2.20. The number of carboxylic acid groups (broad SMARTS) is 1. The van der Waals surface area contributed by atoms with Gasteiger partial charge >= 0.3 is 5.97 Å². The zero-order valence-electron chi connectivity index (χ0n) is 15.0. The lowest BCUT2D eigenvalue weighted by Gasteiger charge is -2.14. The summed E-state index contributed by atoms with van der Waals surface area (Å²) in [6.45, 7) is 1.88. The van der Waals surface area contributed by atoms with E-state index in [9.17, 15) is 4.79 Å². The van der Waals surface area contributed by atoms with Gasteiger partial charge in [0.2, 0.25) is 0 Å². The number of carboxylic acids is 1. The second kappa shape index (κ2) is 7.69. The smallest absolute Gasteiger partial charge is 0.313 e. The number of nitrogens with one attached hydrogen (secondary N) is 2. The molecule has 7 nitrogen and oxygen atoms in total. The summed E-state index contributed by atoms with van der Waals surface area (Å²) in [5.41, 5.74) is 6.12. The molecule has 0 amide bonds. The maximum Gasteiger partial charge on any atom is 0.313 e. The van der Waals surface area contributed by atoms with Crippen molar-refractivity contribution in [3.63, 3.8) is 0 Å². The van der Waals surface area contributed by atoms with Gasteiger partial charge in [0.05, 0.1) is 16.8 Å². The molecule has 28 heavy (non-hydrogen) atoms. The number of amidine groups is 1. The fourth-order valence-electron chi connectivity index (χ4n) is 2.77. The Balaban J connectivity index is 1.84. The second-order valence-corrected chi connectivity index (χ2v) is 7.13. The number of aliphatic imine (C=N–C) groups is 1. The molecule has 0 aliphatic carbocycles. The van der Waals surface area contributed by atoms with Crippen molar-refractivity contribution in [1.29, 1.82) is 0 Å². The molecular weight excluding hydrogens is 374 g/mol. The van der Waals surface area contributed by atoms with Crippen molar-refractivity contribution >= 4 is 40.4 Å². The topological polar surface area (TPSA) is 98.4 Å². The van der Waals surface area contributed by atoms with Gasteiger partial charge in [-0.3, -0.25) is 10.2 Å². The summed E-state index contributed by atoms with van der Waals surface area (Å²) in [5.74, 6) is -0.539. The van der Waals surface area contributed by atoms with E-state index in [2.05, 4.69) is 25.8 Å². The first kappa shape index (κ1) is 18.0. The lowest BCUT2D eigenvalue weighted by atomic mass is 10.1. The SMILES string of the molecule is CC1=NNC(SCC(=O)O)=N/C(=C2\C=c3ccccc3=N2)Nc2cccc1c2. The second-order valence-electron chi connectivity index (χ2n) is 6.16. The number of aliphatic carboxylic acids is 1. The third-order valence-corrected chi connectivity index (χ3v) is 4.97. The standard InChI is InChI=1S/C20H17N5O2S/c1-12-13-6-4-7-15(9-13)21-19(23-20(25-24-12)28-11-18(26)27)17-10-14-5-2-3-8-16(14)22-17/h2-10,21H,11H2,1H3,(H,23,25)(H,26,27)/b19-17+,24-12?. The Morgan fingerprint density at radius 3 is 2.82 bits per heavy atom. The van der Waals surface area contributed by atoms with Crippen molar-refractivity contribution in [3.8, 4) is 0 Å². The molecular formula is C20H17N5O2S. The highest BCUT2D eigenvalue weighted by atomic mass is 32.2. The molecule has 0 radical (unpaired) electrons. The maximum atomic E-state index is 11.0. The Labute approximate surface area is 165 Å². The van der Waals surface area contributed by atoms with E-state index in [-0.39, 0.29) is 5.75 Å². The van der Waals surface area contributed by atoms with Gasteiger partial charge in [-0.2, -0.15) is 5.10 Å². The van der Waals surface area contributed by atoms with Gasteiger partial charge in [0, 0.05) is 10.9 Å². The third-order valence-electron chi connectivity index (χ3n) is 4.12. The molecule has 140 valence electrons. The van der Waals surface area contributed by atoms with Crippen LogP contribution in [0.4, 0.5) is 5.69 Å². The molecule has 2 aliphatic rings. The number of nitrogens with zero attached hydrogens (tertiary/aromatic N) is 3. The number of benzene rings is 2. The Kier molecular flexibility index (Phi) is 4.94. The summed E-state index contributed by atoms with van der Waals surface area (Å²) in [5, 5.41) is 19.0. The quantitative estimate of drug-likeness (QED) is 0.726. The van der Waals surface area contributed by atoms with E-state index >= 15 is 0 Å². The first-order chi connectivity index (χ1) is 13.6. The van der Waals surface area contributed by atoms with Crippen LogP contribution in [0, 0.1) is 0 Å². The van der Waals surface area contributed by atoms with Gasteiger partial charge in [-0.1, -0.05) is 42.1 Å². The summed E-state index contributed by atoms with van der Waals surface area (Å²) in [6, 6.07) is 15.6. The van der Waals surface area contributed by atoms with E-state index in [1.165, 1.54) is 0 Å². The number of rotatable bonds is 2. The normalized spacial score (nSPS) is 17.8. The fraction of sp³-hybridized carbons (Fsp3) is 0.100. The summed E-state index contributed by atoms with van der Waals surface area (Å²) in [6.07, 6.45) is 1.95. The molecule has 2 heterocycles. The number of thioether (sulfide) groups is 1. The Morgan fingerprint density at radius 1 is 1.14 bits per heavy atom. The summed E-state index contributed by atoms with van der Waals surface area (Å²) >= 11 is 1.07. The lowest BCUT2D eigenvalue weighted by molar-refractivity contribution is -0.133. The van der Waals surface area contributed by atoms with Gasteiger partial charge in [0.1, 0.15) is 5.70 Å². The molecule has 2 aromatic rings. The molecule has 2 aromatic carbocycles. The van der Waals surface area contributed by atoms with Crippen LogP contribution in [0.1, 0.15) is 12.5 Å². The molecule has 0 saturated heterocycles. The van der Waals surface area contributed by atoms with E-state index < -0.39 is 5.97 Å². The van der Waals surface area contributed by atoms with E-state index in [1.54, 1.807) is 0 Å². The average molecular weight is 391 g/mol.